The molecule has 0 radical (unpaired) electrons. The molecule has 3 nitrogen and oxygen atoms in total. The molecule has 0 spiro atoms. The lowest BCUT2D eigenvalue weighted by Crippen LogP contribution is -1.83. The molecular weight excluding hydrogens is 237 g/mol. The Bertz CT molecular complexity index is 460. The van der Waals surface area contributed by atoms with Crippen molar-refractivity contribution in [1.29, 1.82) is 0 Å². The molecule has 0 unspecified atom stereocenters. The summed E-state index contributed by atoms with van der Waals surface area (Å²) in [5, 5.41) is 9.41. The van der Waals surface area contributed by atoms with Gasteiger partial charge < -0.3 is 0 Å². The number of halogens is 2. The molecule has 2 rings (SSSR count). The van der Waals surface area contributed by atoms with E-state index in [1.807, 2.05) is 0 Å². The molecule has 15 heavy (non-hydrogen) atoms. The first-order valence-electron chi connectivity index (χ1n) is 4.29. The molecule has 0 saturated heterocycles. The van der Waals surface area contributed by atoms with Crippen LogP contribution in [-0.2, 0) is 6.42 Å². The fourth-order valence-corrected chi connectivity index (χ4v) is 2.19. The average molecular weight is 244 g/mol. The lowest BCUT2D eigenvalue weighted by molar-refractivity contribution is 0.622. The number of alkyl halides is 1. The summed E-state index contributed by atoms with van der Waals surface area (Å²) in [6, 6.07) is 1.39. The number of hydrogen-bond donors (Lipinski definition) is 0. The van der Waals surface area contributed by atoms with Crippen LogP contribution in [0.5, 0.6) is 0 Å². The molecule has 0 N–H and O–H groups in total. The fraction of sp³-hybridized carbons (Fsp3) is 0.222. The monoisotopic (exact) mass is 243 g/mol. The van der Waals surface area contributed by atoms with Gasteiger partial charge in [-0.05, 0) is 6.07 Å². The highest BCUT2D eigenvalue weighted by atomic mass is 35.5. The van der Waals surface area contributed by atoms with Gasteiger partial charge in [0.15, 0.2) is 0 Å². The van der Waals surface area contributed by atoms with Gasteiger partial charge in [-0.3, -0.25) is 4.98 Å². The van der Waals surface area contributed by atoms with Crippen molar-refractivity contribution in [2.24, 2.45) is 0 Å². The fourth-order valence-electron chi connectivity index (χ4n) is 1.08. The molecule has 0 bridgehead atoms. The molecule has 0 aliphatic carbocycles. The first-order chi connectivity index (χ1) is 7.29. The van der Waals surface area contributed by atoms with Gasteiger partial charge in [0.1, 0.15) is 15.8 Å². The summed E-state index contributed by atoms with van der Waals surface area (Å²) in [5.74, 6) is 0.136. The maximum absolute atomic E-state index is 12.9. The smallest absolute Gasteiger partial charge is 0.149 e. The maximum atomic E-state index is 12.9. The van der Waals surface area contributed by atoms with Gasteiger partial charge in [0.2, 0.25) is 0 Å². The molecule has 0 aliphatic heterocycles. The Labute approximate surface area is 95.0 Å². The molecule has 2 aromatic heterocycles. The van der Waals surface area contributed by atoms with Crippen molar-refractivity contribution in [2.75, 3.05) is 5.88 Å². The highest BCUT2D eigenvalue weighted by Crippen LogP contribution is 2.23. The largest absolute Gasteiger partial charge is 0.261 e. The van der Waals surface area contributed by atoms with E-state index in [-0.39, 0.29) is 5.82 Å². The third-order valence-corrected chi connectivity index (χ3v) is 2.95. The van der Waals surface area contributed by atoms with Crippen molar-refractivity contribution < 1.29 is 4.39 Å². The Morgan fingerprint density at radius 3 is 2.93 bits per heavy atom. The van der Waals surface area contributed by atoms with Crippen LogP contribution < -0.4 is 0 Å². The standard InChI is InChI=1S/C9H7ClFN3S/c10-2-1-8-13-14-9(15-8)6-3-7(11)5-12-4-6/h3-5H,1-2H2. The zero-order valence-corrected chi connectivity index (χ0v) is 9.22. The Balaban J connectivity index is 2.29. The van der Waals surface area contributed by atoms with Gasteiger partial charge in [-0.2, -0.15) is 0 Å². The van der Waals surface area contributed by atoms with Crippen LogP contribution >= 0.6 is 22.9 Å². The minimum absolute atomic E-state index is 0.374. The second kappa shape index (κ2) is 4.63. The van der Waals surface area contributed by atoms with Gasteiger partial charge in [-0.15, -0.1) is 21.8 Å². The van der Waals surface area contributed by atoms with Gasteiger partial charge >= 0.3 is 0 Å². The molecule has 0 aliphatic rings. The van der Waals surface area contributed by atoms with Crippen LogP contribution in [0.25, 0.3) is 10.6 Å². The molecule has 0 fully saturated rings. The quantitative estimate of drug-likeness (QED) is 0.778. The summed E-state index contributed by atoms with van der Waals surface area (Å²) in [5.41, 5.74) is 0.647. The van der Waals surface area contributed by atoms with Gasteiger partial charge in [0.05, 0.1) is 6.20 Å². The SMILES string of the molecule is Fc1cncc(-c2nnc(CCCl)s2)c1. The molecule has 0 amide bonds. The van der Waals surface area contributed by atoms with Crippen LogP contribution in [0.3, 0.4) is 0 Å². The maximum Gasteiger partial charge on any atom is 0.149 e. The van der Waals surface area contributed by atoms with Crippen LogP contribution in [0.4, 0.5) is 4.39 Å². The Morgan fingerprint density at radius 1 is 1.33 bits per heavy atom. The van der Waals surface area contributed by atoms with E-state index in [2.05, 4.69) is 15.2 Å². The van der Waals surface area contributed by atoms with Crippen LogP contribution in [-0.4, -0.2) is 21.1 Å². The van der Waals surface area contributed by atoms with Crippen molar-refractivity contribution in [3.05, 3.63) is 29.3 Å². The second-order valence-corrected chi connectivity index (χ2v) is 4.27. The summed E-state index contributed by atoms with van der Waals surface area (Å²) >= 11 is 6.99. The zero-order chi connectivity index (χ0) is 10.7. The predicted molar refractivity (Wildman–Crippen MR) is 57.5 cm³/mol. The average Bonchev–Trinajstić information content (AvgIpc) is 2.67. The molecular formula is C9H7ClFN3S. The molecule has 2 heterocycles. The van der Waals surface area contributed by atoms with Crippen LogP contribution in [0.1, 0.15) is 5.01 Å². The van der Waals surface area contributed by atoms with Crippen molar-refractivity contribution in [2.45, 2.75) is 6.42 Å². The number of aromatic nitrogens is 3. The second-order valence-electron chi connectivity index (χ2n) is 2.83. The first kappa shape index (κ1) is 10.4. The Hall–Kier alpha value is -1.07. The van der Waals surface area contributed by atoms with E-state index in [0.29, 0.717) is 22.9 Å². The van der Waals surface area contributed by atoms with Crippen molar-refractivity contribution in [3.8, 4) is 10.6 Å². The number of nitrogens with zero attached hydrogens (tertiary/aromatic N) is 3. The van der Waals surface area contributed by atoms with E-state index in [9.17, 15) is 4.39 Å². The number of hydrogen-bond acceptors (Lipinski definition) is 4. The minimum Gasteiger partial charge on any atom is -0.261 e. The molecule has 2 aromatic rings. The molecule has 78 valence electrons. The van der Waals surface area contributed by atoms with Gasteiger partial charge in [-0.25, -0.2) is 4.39 Å². The van der Waals surface area contributed by atoms with E-state index in [4.69, 9.17) is 11.6 Å². The van der Waals surface area contributed by atoms with Crippen molar-refractivity contribution in [3.63, 3.8) is 0 Å². The topological polar surface area (TPSA) is 38.7 Å². The third-order valence-electron chi connectivity index (χ3n) is 1.73. The molecule has 0 saturated carbocycles. The van der Waals surface area contributed by atoms with Gasteiger partial charge in [-0.1, -0.05) is 11.3 Å². The van der Waals surface area contributed by atoms with Crippen LogP contribution in [0.15, 0.2) is 18.5 Å². The number of pyridine rings is 1. The van der Waals surface area contributed by atoms with E-state index in [1.54, 1.807) is 6.20 Å². The normalized spacial score (nSPS) is 10.5. The first-order valence-corrected chi connectivity index (χ1v) is 5.64. The summed E-state index contributed by atoms with van der Waals surface area (Å²) in [6.07, 6.45) is 3.40. The Kier molecular flexibility index (Phi) is 3.23. The predicted octanol–water partition coefficient (Wildman–Crippen LogP) is 2.52. The van der Waals surface area contributed by atoms with E-state index < -0.39 is 0 Å². The Morgan fingerprint density at radius 2 is 2.20 bits per heavy atom. The van der Waals surface area contributed by atoms with Gasteiger partial charge in [0, 0.05) is 24.1 Å². The van der Waals surface area contributed by atoms with Gasteiger partial charge in [0.25, 0.3) is 0 Å². The van der Waals surface area contributed by atoms with Crippen LogP contribution in [0.2, 0.25) is 0 Å². The van der Waals surface area contributed by atoms with Crippen molar-refractivity contribution in [1.82, 2.24) is 15.2 Å². The minimum atomic E-state index is -0.374. The third kappa shape index (κ3) is 2.49. The summed E-state index contributed by atoms with van der Waals surface area (Å²) in [6.45, 7) is 0. The molecule has 0 aromatic carbocycles. The van der Waals surface area contributed by atoms with E-state index in [1.165, 1.54) is 17.4 Å². The summed E-state index contributed by atoms with van der Waals surface area (Å²) < 4.78 is 12.9. The lowest BCUT2D eigenvalue weighted by Gasteiger charge is -1.93. The molecule has 6 heteroatoms. The summed E-state index contributed by atoms with van der Waals surface area (Å²) in [4.78, 5) is 3.75. The summed E-state index contributed by atoms with van der Waals surface area (Å²) in [7, 11) is 0. The highest BCUT2D eigenvalue weighted by molar-refractivity contribution is 7.14. The molecule has 0 atom stereocenters. The van der Waals surface area contributed by atoms with Crippen LogP contribution in [0, 0.1) is 5.82 Å². The number of aryl methyl sites for hydroxylation is 1. The zero-order valence-electron chi connectivity index (χ0n) is 7.65. The lowest BCUT2D eigenvalue weighted by atomic mass is 10.3. The van der Waals surface area contributed by atoms with E-state index >= 15 is 0 Å². The van der Waals surface area contributed by atoms with E-state index in [0.717, 1.165) is 11.2 Å². The number of rotatable bonds is 3. The highest BCUT2D eigenvalue weighted by Gasteiger charge is 2.07. The van der Waals surface area contributed by atoms with Crippen molar-refractivity contribution >= 4 is 22.9 Å².